The molecule has 1 heterocycles. The van der Waals surface area contributed by atoms with Crippen molar-refractivity contribution in [2.45, 2.75) is 76.1 Å². The Morgan fingerprint density at radius 3 is 2.65 bits per heavy atom. The molecule has 0 amide bonds. The Balaban J connectivity index is 1.40. The minimum absolute atomic E-state index is 0.0228. The van der Waals surface area contributed by atoms with E-state index in [4.69, 9.17) is 14.6 Å². The van der Waals surface area contributed by atoms with Crippen LogP contribution < -0.4 is 0 Å². The molecule has 5 rings (SSSR count). The number of fused-ring (bicyclic) bond motifs is 5. The maximum Gasteiger partial charge on any atom is 0.303 e. The molecule has 0 aromatic heterocycles. The topological polar surface area (TPSA) is 76.0 Å². The van der Waals surface area contributed by atoms with Crippen LogP contribution in [0.4, 0.5) is 0 Å². The predicted octanol–water partition coefficient (Wildman–Crippen LogP) is 4.62. The summed E-state index contributed by atoms with van der Waals surface area (Å²) in [6.45, 7) is 12.3. The summed E-state index contributed by atoms with van der Waals surface area (Å²) in [7, 11) is 0. The fourth-order valence-corrected chi connectivity index (χ4v) is 8.08. The summed E-state index contributed by atoms with van der Waals surface area (Å²) in [6, 6.07) is 0. The summed E-state index contributed by atoms with van der Waals surface area (Å²) in [5.41, 5.74) is 2.11. The van der Waals surface area contributed by atoms with Crippen LogP contribution in [-0.4, -0.2) is 40.8 Å². The fourth-order valence-electron chi connectivity index (χ4n) is 8.08. The first kappa shape index (κ1) is 21.4. The zero-order chi connectivity index (χ0) is 22.0. The zero-order valence-corrected chi connectivity index (χ0v) is 18.7. The van der Waals surface area contributed by atoms with Gasteiger partial charge in [0.05, 0.1) is 18.8 Å². The molecule has 5 heteroatoms. The third-order valence-corrected chi connectivity index (χ3v) is 9.53. The molecule has 4 fully saturated rings. The van der Waals surface area contributed by atoms with Crippen LogP contribution in [-0.2, 0) is 14.3 Å². The van der Waals surface area contributed by atoms with Crippen molar-refractivity contribution >= 4 is 5.97 Å². The van der Waals surface area contributed by atoms with Crippen molar-refractivity contribution in [3.63, 3.8) is 0 Å². The van der Waals surface area contributed by atoms with Gasteiger partial charge in [-0.2, -0.15) is 0 Å². The number of allylic oxidation sites excluding steroid dienone is 2. The number of carboxylic acid groups (broad SMARTS) is 1. The lowest BCUT2D eigenvalue weighted by molar-refractivity contribution is -0.175. The van der Waals surface area contributed by atoms with Crippen molar-refractivity contribution in [2.24, 2.45) is 29.1 Å². The van der Waals surface area contributed by atoms with E-state index in [-0.39, 0.29) is 11.8 Å². The summed E-state index contributed by atoms with van der Waals surface area (Å²) < 4.78 is 12.0. The Labute approximate surface area is 185 Å². The molecule has 5 nitrogen and oxygen atoms in total. The Morgan fingerprint density at radius 1 is 1.19 bits per heavy atom. The molecule has 1 saturated heterocycles. The molecule has 0 aromatic carbocycles. The average Bonchev–Trinajstić information content (AvgIpc) is 3.28. The van der Waals surface area contributed by atoms with Crippen molar-refractivity contribution < 1.29 is 24.5 Å². The van der Waals surface area contributed by atoms with E-state index in [1.807, 2.05) is 0 Å². The zero-order valence-electron chi connectivity index (χ0n) is 18.7. The second-order valence-electron chi connectivity index (χ2n) is 10.9. The monoisotopic (exact) mass is 428 g/mol. The van der Waals surface area contributed by atoms with Crippen molar-refractivity contribution in [1.29, 1.82) is 0 Å². The van der Waals surface area contributed by atoms with Crippen molar-refractivity contribution in [3.8, 4) is 0 Å². The third kappa shape index (κ3) is 3.11. The Hall–Kier alpha value is -1.43. The fraction of sp³-hybridized carbons (Fsp3) is 0.731. The van der Waals surface area contributed by atoms with E-state index in [0.29, 0.717) is 55.3 Å². The van der Waals surface area contributed by atoms with Gasteiger partial charge in [0.15, 0.2) is 5.79 Å². The van der Waals surface area contributed by atoms with Crippen LogP contribution in [0.3, 0.4) is 0 Å². The van der Waals surface area contributed by atoms with E-state index in [9.17, 15) is 9.90 Å². The summed E-state index contributed by atoms with van der Waals surface area (Å²) in [4.78, 5) is 11.1. The van der Waals surface area contributed by atoms with E-state index >= 15 is 0 Å². The molecule has 3 saturated carbocycles. The van der Waals surface area contributed by atoms with Crippen LogP contribution in [0.15, 0.2) is 36.0 Å². The molecule has 170 valence electrons. The highest BCUT2D eigenvalue weighted by Gasteiger charge is 2.64. The van der Waals surface area contributed by atoms with Gasteiger partial charge in [-0.1, -0.05) is 37.3 Å². The van der Waals surface area contributed by atoms with Crippen LogP contribution >= 0.6 is 0 Å². The van der Waals surface area contributed by atoms with Crippen molar-refractivity contribution in [1.82, 2.24) is 0 Å². The lowest BCUT2D eigenvalue weighted by Crippen LogP contribution is -2.54. The van der Waals surface area contributed by atoms with Crippen LogP contribution in [0.1, 0.15) is 64.7 Å². The highest BCUT2D eigenvalue weighted by molar-refractivity contribution is 5.67. The number of ether oxygens (including phenoxy) is 2. The molecule has 0 bridgehead atoms. The van der Waals surface area contributed by atoms with Gasteiger partial charge in [0.1, 0.15) is 0 Å². The highest BCUT2D eigenvalue weighted by atomic mass is 16.7. The molecule has 5 aliphatic rings. The first-order valence-corrected chi connectivity index (χ1v) is 12.0. The minimum Gasteiger partial charge on any atom is -0.481 e. The maximum absolute atomic E-state index is 11.8. The molecule has 0 radical (unpaired) electrons. The number of carboxylic acids is 1. The smallest absolute Gasteiger partial charge is 0.303 e. The van der Waals surface area contributed by atoms with Crippen LogP contribution in [0.5, 0.6) is 0 Å². The lowest BCUT2D eigenvalue weighted by Gasteiger charge is -2.57. The number of hydrogen-bond donors (Lipinski definition) is 2. The van der Waals surface area contributed by atoms with Gasteiger partial charge < -0.3 is 19.7 Å². The highest BCUT2D eigenvalue weighted by Crippen LogP contribution is 2.67. The Morgan fingerprint density at radius 2 is 1.94 bits per heavy atom. The van der Waals surface area contributed by atoms with Crippen LogP contribution in [0.25, 0.3) is 0 Å². The number of hydrogen-bond acceptors (Lipinski definition) is 4. The Bertz CT molecular complexity index is 837. The average molecular weight is 429 g/mol. The normalized spacial score (nSPS) is 43.2. The summed E-state index contributed by atoms with van der Waals surface area (Å²) >= 11 is 0. The molecular weight excluding hydrogens is 392 g/mol. The first-order chi connectivity index (χ1) is 14.7. The number of carbonyl (C=O) groups is 1. The lowest BCUT2D eigenvalue weighted by atomic mass is 9.49. The summed E-state index contributed by atoms with van der Waals surface area (Å²) in [5.74, 6) is 0.634. The van der Waals surface area contributed by atoms with Crippen molar-refractivity contribution in [3.05, 3.63) is 36.0 Å². The maximum atomic E-state index is 11.8. The third-order valence-electron chi connectivity index (χ3n) is 9.53. The molecule has 1 spiro atoms. The number of aliphatic carboxylic acids is 1. The number of aliphatic hydroxyl groups is 1. The van der Waals surface area contributed by atoms with Gasteiger partial charge in [-0.25, -0.2) is 0 Å². The summed E-state index contributed by atoms with van der Waals surface area (Å²) in [6.07, 6.45) is 9.16. The molecular formula is C26H36O5. The SMILES string of the molecule is C=C1C[C@@]2(C)[C@@H](CC[C@@]2(O)C(=C)CCC(=O)O)[C@@H]2CC=C3CC4(CC[C@@H]3[C@@H]12)OCCO4. The molecule has 0 aromatic rings. The van der Waals surface area contributed by atoms with Gasteiger partial charge in [-0.15, -0.1) is 0 Å². The van der Waals surface area contributed by atoms with E-state index in [0.717, 1.165) is 38.5 Å². The van der Waals surface area contributed by atoms with Gasteiger partial charge in [-0.3, -0.25) is 4.79 Å². The molecule has 31 heavy (non-hydrogen) atoms. The van der Waals surface area contributed by atoms with E-state index in [2.05, 4.69) is 26.2 Å². The molecule has 0 unspecified atom stereocenters. The minimum atomic E-state index is -1.01. The second kappa shape index (κ2) is 7.29. The molecule has 4 aliphatic carbocycles. The largest absolute Gasteiger partial charge is 0.481 e. The van der Waals surface area contributed by atoms with Crippen LogP contribution in [0, 0.1) is 29.1 Å². The van der Waals surface area contributed by atoms with E-state index in [1.54, 1.807) is 0 Å². The van der Waals surface area contributed by atoms with E-state index in [1.165, 1.54) is 11.1 Å². The van der Waals surface area contributed by atoms with Gasteiger partial charge in [-0.05, 0) is 67.8 Å². The Kier molecular flexibility index (Phi) is 5.04. The van der Waals surface area contributed by atoms with Gasteiger partial charge in [0.2, 0.25) is 0 Å². The number of rotatable bonds is 4. The van der Waals surface area contributed by atoms with Crippen LogP contribution in [0.2, 0.25) is 0 Å². The van der Waals surface area contributed by atoms with E-state index < -0.39 is 17.4 Å². The van der Waals surface area contributed by atoms with Gasteiger partial charge in [0, 0.05) is 24.7 Å². The molecule has 2 N–H and O–H groups in total. The predicted molar refractivity (Wildman–Crippen MR) is 117 cm³/mol. The quantitative estimate of drug-likeness (QED) is 0.639. The standard InChI is InChI=1S/C26H36O5/c1-16-14-24(3)21(9-11-26(24,29)17(2)4-7-22(27)28)20-6-5-18-15-25(30-12-13-31-25)10-8-19(18)23(16)20/h5,19-21,23,29H,1-2,4,6-15H2,3H3,(H,27,28)/t19-,20-,21-,23+,24-,26+/m0/s1. The van der Waals surface area contributed by atoms with Gasteiger partial charge >= 0.3 is 5.97 Å². The first-order valence-electron chi connectivity index (χ1n) is 12.0. The summed E-state index contributed by atoms with van der Waals surface area (Å²) in [5, 5.41) is 20.9. The molecule has 1 aliphatic heterocycles. The van der Waals surface area contributed by atoms with Crippen molar-refractivity contribution in [2.75, 3.05) is 13.2 Å². The second-order valence-corrected chi connectivity index (χ2v) is 10.9. The van der Waals surface area contributed by atoms with Gasteiger partial charge in [0.25, 0.3) is 0 Å². The molecule has 6 atom stereocenters.